The lowest BCUT2D eigenvalue weighted by molar-refractivity contribution is 1.52. The van der Waals surface area contributed by atoms with Gasteiger partial charge in [0, 0.05) is 18.6 Å². The van der Waals surface area contributed by atoms with Crippen LogP contribution in [0, 0.1) is 6.42 Å². The standard InChI is InChI=1S/C9H7Cl2/c10-9(11)7-6-8-4-2-1-3-5-8/h1-7H/q+1. The molecule has 0 unspecified atom stereocenters. The second kappa shape index (κ2) is 4.32. The largest absolute Gasteiger partial charge is 0.177 e. The molecular formula is C9H7Cl2+. The molecule has 0 saturated heterocycles. The molecule has 0 spiro atoms. The van der Waals surface area contributed by atoms with Crippen molar-refractivity contribution in [2.24, 2.45) is 0 Å². The van der Waals surface area contributed by atoms with Crippen LogP contribution in [0.1, 0.15) is 5.56 Å². The van der Waals surface area contributed by atoms with Gasteiger partial charge in [0.15, 0.2) is 4.49 Å². The number of allylic oxidation sites excluding steroid dienone is 1. The fourth-order valence-electron chi connectivity index (χ4n) is 0.723. The van der Waals surface area contributed by atoms with Crippen LogP contribution in [0.25, 0.3) is 0 Å². The third-order valence-corrected chi connectivity index (χ3v) is 1.45. The van der Waals surface area contributed by atoms with E-state index in [1.165, 1.54) is 0 Å². The summed E-state index contributed by atoms with van der Waals surface area (Å²) < 4.78 is 0.272. The molecule has 0 aliphatic heterocycles. The molecule has 56 valence electrons. The van der Waals surface area contributed by atoms with Crippen molar-refractivity contribution in [1.82, 2.24) is 0 Å². The minimum absolute atomic E-state index is 0.272. The summed E-state index contributed by atoms with van der Waals surface area (Å²) in [5, 5.41) is 0. The van der Waals surface area contributed by atoms with Gasteiger partial charge in [0.05, 0.1) is 11.6 Å². The highest BCUT2D eigenvalue weighted by Crippen LogP contribution is 2.10. The number of rotatable bonds is 2. The predicted molar refractivity (Wildman–Crippen MR) is 49.6 cm³/mol. The Morgan fingerprint density at radius 1 is 1.18 bits per heavy atom. The van der Waals surface area contributed by atoms with E-state index in [1.54, 1.807) is 6.08 Å². The molecule has 1 aromatic rings. The van der Waals surface area contributed by atoms with Crippen LogP contribution in [-0.4, -0.2) is 0 Å². The van der Waals surface area contributed by atoms with Crippen LogP contribution >= 0.6 is 23.2 Å². The molecular weight excluding hydrogens is 179 g/mol. The molecule has 0 radical (unpaired) electrons. The Kier molecular flexibility index (Phi) is 3.34. The van der Waals surface area contributed by atoms with E-state index in [1.807, 2.05) is 36.8 Å². The molecule has 0 aromatic heterocycles. The van der Waals surface area contributed by atoms with Crippen molar-refractivity contribution < 1.29 is 0 Å². The highest BCUT2D eigenvalue weighted by Gasteiger charge is 1.95. The molecule has 0 fully saturated rings. The lowest BCUT2D eigenvalue weighted by Crippen LogP contribution is -1.74. The quantitative estimate of drug-likeness (QED) is 0.619. The van der Waals surface area contributed by atoms with Gasteiger partial charge in [-0.25, -0.2) is 0 Å². The van der Waals surface area contributed by atoms with Crippen LogP contribution < -0.4 is 0 Å². The van der Waals surface area contributed by atoms with E-state index in [0.29, 0.717) is 0 Å². The van der Waals surface area contributed by atoms with E-state index in [9.17, 15) is 0 Å². The summed E-state index contributed by atoms with van der Waals surface area (Å²) in [6.45, 7) is 0. The topological polar surface area (TPSA) is 0 Å². The predicted octanol–water partition coefficient (Wildman–Crippen LogP) is 3.56. The van der Waals surface area contributed by atoms with Crippen molar-refractivity contribution >= 4 is 23.2 Å². The normalized spacial score (nSPS) is 8.91. The highest BCUT2D eigenvalue weighted by atomic mass is 35.5. The van der Waals surface area contributed by atoms with E-state index < -0.39 is 0 Å². The van der Waals surface area contributed by atoms with Crippen molar-refractivity contribution in [3.8, 4) is 0 Å². The van der Waals surface area contributed by atoms with Gasteiger partial charge in [-0.3, -0.25) is 0 Å². The molecule has 2 heteroatoms. The Morgan fingerprint density at radius 3 is 2.36 bits per heavy atom. The second-order valence-corrected chi connectivity index (χ2v) is 3.04. The van der Waals surface area contributed by atoms with Gasteiger partial charge in [0.1, 0.15) is 0 Å². The number of hydrogen-bond acceptors (Lipinski definition) is 0. The molecule has 0 N–H and O–H groups in total. The summed E-state index contributed by atoms with van der Waals surface area (Å²) in [6.07, 6.45) is 3.51. The van der Waals surface area contributed by atoms with Gasteiger partial charge < -0.3 is 0 Å². The Labute approximate surface area is 76.4 Å². The Hall–Kier alpha value is -0.590. The van der Waals surface area contributed by atoms with Crippen molar-refractivity contribution in [3.05, 3.63) is 52.9 Å². The Balaban J connectivity index is 2.59. The average molecular weight is 186 g/mol. The lowest BCUT2D eigenvalue weighted by atomic mass is 10.2. The molecule has 0 amide bonds. The minimum Gasteiger partial charge on any atom is -0.0425 e. The van der Waals surface area contributed by atoms with Crippen LogP contribution in [-0.2, 0) is 0 Å². The average Bonchev–Trinajstić information content (AvgIpc) is 2.03. The molecule has 11 heavy (non-hydrogen) atoms. The maximum absolute atomic E-state index is 5.42. The van der Waals surface area contributed by atoms with E-state index in [0.717, 1.165) is 5.56 Å². The first-order chi connectivity index (χ1) is 5.29. The summed E-state index contributed by atoms with van der Waals surface area (Å²) in [5.41, 5.74) is 1.09. The third kappa shape index (κ3) is 3.35. The second-order valence-electron chi connectivity index (χ2n) is 2.03. The molecule has 1 rings (SSSR count). The van der Waals surface area contributed by atoms with Crippen LogP contribution in [0.3, 0.4) is 0 Å². The maximum atomic E-state index is 5.42. The summed E-state index contributed by atoms with van der Waals surface area (Å²) in [7, 11) is 0. The van der Waals surface area contributed by atoms with Crippen molar-refractivity contribution in [2.45, 2.75) is 0 Å². The first kappa shape index (κ1) is 8.51. The zero-order valence-corrected chi connectivity index (χ0v) is 7.31. The van der Waals surface area contributed by atoms with Gasteiger partial charge in [-0.2, -0.15) is 0 Å². The Bertz CT molecular complexity index is 235. The third-order valence-electron chi connectivity index (χ3n) is 1.20. The van der Waals surface area contributed by atoms with Crippen LogP contribution in [0.2, 0.25) is 0 Å². The van der Waals surface area contributed by atoms with E-state index in [4.69, 9.17) is 23.2 Å². The van der Waals surface area contributed by atoms with Crippen molar-refractivity contribution in [3.63, 3.8) is 0 Å². The van der Waals surface area contributed by atoms with Crippen LogP contribution in [0.4, 0.5) is 0 Å². The van der Waals surface area contributed by atoms with Gasteiger partial charge in [-0.05, 0) is 41.4 Å². The molecule has 0 saturated carbocycles. The monoisotopic (exact) mass is 185 g/mol. The first-order valence-corrected chi connectivity index (χ1v) is 3.96. The van der Waals surface area contributed by atoms with Crippen LogP contribution in [0.5, 0.6) is 0 Å². The summed E-state index contributed by atoms with van der Waals surface area (Å²) in [4.78, 5) is 0. The van der Waals surface area contributed by atoms with E-state index in [2.05, 4.69) is 0 Å². The molecule has 0 aliphatic rings. The lowest BCUT2D eigenvalue weighted by Gasteiger charge is -1.84. The van der Waals surface area contributed by atoms with Gasteiger partial charge in [0.25, 0.3) is 0 Å². The summed E-state index contributed by atoms with van der Waals surface area (Å²) in [6, 6.07) is 9.84. The minimum atomic E-state index is 0.272. The zero-order chi connectivity index (χ0) is 8.10. The van der Waals surface area contributed by atoms with Crippen molar-refractivity contribution in [1.29, 1.82) is 0 Å². The number of halogens is 2. The fourth-order valence-corrected chi connectivity index (χ4v) is 0.849. The van der Waals surface area contributed by atoms with Gasteiger partial charge in [0.2, 0.25) is 0 Å². The maximum Gasteiger partial charge on any atom is 0.177 e. The van der Waals surface area contributed by atoms with Crippen LogP contribution in [0.15, 0.2) is 40.9 Å². The smallest absolute Gasteiger partial charge is 0.0425 e. The van der Waals surface area contributed by atoms with Gasteiger partial charge in [-0.15, -0.1) is 0 Å². The number of hydrogen-bond donors (Lipinski definition) is 0. The molecule has 0 bridgehead atoms. The molecule has 1 aromatic carbocycles. The fraction of sp³-hybridized carbons (Fsp3) is 0. The SMILES string of the molecule is ClC(Cl)=C[CH+]c1ccccc1. The summed E-state index contributed by atoms with van der Waals surface area (Å²) >= 11 is 10.8. The molecule has 0 nitrogen and oxygen atoms in total. The van der Waals surface area contributed by atoms with E-state index >= 15 is 0 Å². The van der Waals surface area contributed by atoms with Gasteiger partial charge >= 0.3 is 0 Å². The zero-order valence-electron chi connectivity index (χ0n) is 5.80. The molecule has 0 aliphatic carbocycles. The molecule has 0 heterocycles. The molecule has 0 atom stereocenters. The first-order valence-electron chi connectivity index (χ1n) is 3.20. The highest BCUT2D eigenvalue weighted by molar-refractivity contribution is 6.55. The van der Waals surface area contributed by atoms with Gasteiger partial charge in [-0.1, -0.05) is 0 Å². The van der Waals surface area contributed by atoms with E-state index in [-0.39, 0.29) is 4.49 Å². The summed E-state index contributed by atoms with van der Waals surface area (Å²) in [5.74, 6) is 0. The van der Waals surface area contributed by atoms with Crippen molar-refractivity contribution in [2.75, 3.05) is 0 Å². The Morgan fingerprint density at radius 2 is 1.82 bits per heavy atom. The number of benzene rings is 1.